The van der Waals surface area contributed by atoms with Gasteiger partial charge in [-0.1, -0.05) is 48.6 Å². The molecule has 1 saturated heterocycles. The lowest BCUT2D eigenvalue weighted by molar-refractivity contribution is -0.119. The van der Waals surface area contributed by atoms with Gasteiger partial charge in [-0.2, -0.15) is 0 Å². The molecule has 2 aromatic rings. The number of nitrogens with one attached hydrogen (secondary N) is 2. The molecular formula is C20H21N3O. The number of benzene rings is 2. The Kier molecular flexibility index (Phi) is 4.05. The van der Waals surface area contributed by atoms with E-state index in [1.165, 1.54) is 5.56 Å². The number of rotatable bonds is 2. The van der Waals surface area contributed by atoms with Gasteiger partial charge in [-0.3, -0.25) is 4.79 Å². The lowest BCUT2D eigenvalue weighted by Gasteiger charge is -2.35. The molecule has 0 bridgehead atoms. The Morgan fingerprint density at radius 2 is 1.88 bits per heavy atom. The first-order chi connectivity index (χ1) is 11.8. The van der Waals surface area contributed by atoms with Crippen LogP contribution in [0.2, 0.25) is 0 Å². The first-order valence-electron chi connectivity index (χ1n) is 8.45. The van der Waals surface area contributed by atoms with Gasteiger partial charge in [0.25, 0.3) is 0 Å². The first-order valence-corrected chi connectivity index (χ1v) is 8.45. The van der Waals surface area contributed by atoms with Gasteiger partial charge < -0.3 is 15.5 Å². The molecule has 2 N–H and O–H groups in total. The highest BCUT2D eigenvalue weighted by molar-refractivity contribution is 6.00. The van der Waals surface area contributed by atoms with Crippen LogP contribution in [-0.2, 0) is 4.79 Å². The van der Waals surface area contributed by atoms with Crippen molar-refractivity contribution in [1.29, 1.82) is 0 Å². The Morgan fingerprint density at radius 3 is 2.75 bits per heavy atom. The number of amides is 1. The Morgan fingerprint density at radius 1 is 1.04 bits per heavy atom. The summed E-state index contributed by atoms with van der Waals surface area (Å²) in [6.07, 6.45) is 5.16. The zero-order chi connectivity index (χ0) is 16.4. The fourth-order valence-corrected chi connectivity index (χ4v) is 3.42. The summed E-state index contributed by atoms with van der Waals surface area (Å²) in [5.74, 6) is 0.153. The van der Waals surface area contributed by atoms with Crippen molar-refractivity contribution in [3.63, 3.8) is 0 Å². The number of hydrogen-bond donors (Lipinski definition) is 2. The number of hydrogen-bond acceptors (Lipinski definition) is 3. The second-order valence-corrected chi connectivity index (χ2v) is 6.28. The van der Waals surface area contributed by atoms with E-state index >= 15 is 0 Å². The van der Waals surface area contributed by atoms with Gasteiger partial charge in [0.15, 0.2) is 0 Å². The smallest absolute Gasteiger partial charge is 0.241 e. The summed E-state index contributed by atoms with van der Waals surface area (Å²) in [6, 6.07) is 16.8. The molecular weight excluding hydrogens is 298 g/mol. The second-order valence-electron chi connectivity index (χ2n) is 6.28. The predicted molar refractivity (Wildman–Crippen MR) is 99.1 cm³/mol. The molecule has 1 fully saturated rings. The average molecular weight is 319 g/mol. The summed E-state index contributed by atoms with van der Waals surface area (Å²) in [7, 11) is 0. The van der Waals surface area contributed by atoms with Crippen LogP contribution in [0.25, 0.3) is 12.2 Å². The summed E-state index contributed by atoms with van der Waals surface area (Å²) >= 11 is 0. The van der Waals surface area contributed by atoms with Crippen molar-refractivity contribution in [2.75, 3.05) is 29.9 Å². The summed E-state index contributed by atoms with van der Waals surface area (Å²) in [5, 5.41) is 6.68. The van der Waals surface area contributed by atoms with Crippen LogP contribution in [0.15, 0.2) is 48.5 Å². The molecule has 0 saturated carbocycles. The van der Waals surface area contributed by atoms with Crippen molar-refractivity contribution < 1.29 is 4.79 Å². The molecule has 0 aromatic heterocycles. The third-order valence-electron chi connectivity index (χ3n) is 4.63. The highest BCUT2D eigenvalue weighted by atomic mass is 16.2. The molecule has 2 aliphatic rings. The lowest BCUT2D eigenvalue weighted by Crippen LogP contribution is -2.55. The lowest BCUT2D eigenvalue weighted by atomic mass is 10.1. The minimum absolute atomic E-state index is 0.153. The number of anilines is 2. The summed E-state index contributed by atoms with van der Waals surface area (Å²) in [6.45, 7) is 2.17. The second kappa shape index (κ2) is 6.49. The van der Waals surface area contributed by atoms with Crippen molar-refractivity contribution >= 4 is 29.4 Å². The quantitative estimate of drug-likeness (QED) is 0.837. The van der Waals surface area contributed by atoms with Gasteiger partial charge in [0.2, 0.25) is 5.91 Å². The number of nitrogens with zero attached hydrogens (tertiary/aromatic N) is 1. The zero-order valence-corrected chi connectivity index (χ0v) is 13.5. The normalized spacial score (nSPS) is 20.2. The predicted octanol–water partition coefficient (Wildman–Crippen LogP) is 2.98. The van der Waals surface area contributed by atoms with Crippen molar-refractivity contribution in [2.24, 2.45) is 0 Å². The highest BCUT2D eigenvalue weighted by Gasteiger charge is 2.32. The molecule has 1 atom stereocenters. The van der Waals surface area contributed by atoms with E-state index in [0.717, 1.165) is 36.4 Å². The SMILES string of the molecule is O=C1CNCC2CCNc3ccc(C=Cc4ccccc4)cc3N12. The Balaban J connectivity index is 1.68. The maximum absolute atomic E-state index is 12.5. The minimum Gasteiger partial charge on any atom is -0.383 e. The van der Waals surface area contributed by atoms with Gasteiger partial charge >= 0.3 is 0 Å². The molecule has 2 heterocycles. The van der Waals surface area contributed by atoms with Crippen molar-refractivity contribution in [2.45, 2.75) is 12.5 Å². The fourth-order valence-electron chi connectivity index (χ4n) is 3.42. The van der Waals surface area contributed by atoms with Crippen LogP contribution >= 0.6 is 0 Å². The van der Waals surface area contributed by atoms with Gasteiger partial charge in [0.1, 0.15) is 0 Å². The molecule has 4 rings (SSSR count). The van der Waals surface area contributed by atoms with E-state index in [1.54, 1.807) is 0 Å². The van der Waals surface area contributed by atoms with Gasteiger partial charge in [-0.15, -0.1) is 0 Å². The van der Waals surface area contributed by atoms with Gasteiger partial charge in [-0.25, -0.2) is 0 Å². The molecule has 122 valence electrons. The largest absolute Gasteiger partial charge is 0.383 e. The van der Waals surface area contributed by atoms with E-state index in [9.17, 15) is 4.79 Å². The Labute approximate surface area is 142 Å². The number of carbonyl (C=O) groups is 1. The van der Waals surface area contributed by atoms with Crippen LogP contribution in [0.3, 0.4) is 0 Å². The molecule has 4 nitrogen and oxygen atoms in total. The van der Waals surface area contributed by atoms with E-state index in [4.69, 9.17) is 0 Å². The molecule has 1 amide bonds. The summed E-state index contributed by atoms with van der Waals surface area (Å²) < 4.78 is 0. The van der Waals surface area contributed by atoms with E-state index in [-0.39, 0.29) is 11.9 Å². The monoisotopic (exact) mass is 319 g/mol. The first kappa shape index (κ1) is 15.0. The number of piperazine rings is 1. The molecule has 24 heavy (non-hydrogen) atoms. The van der Waals surface area contributed by atoms with Crippen molar-refractivity contribution in [1.82, 2.24) is 5.32 Å². The minimum atomic E-state index is 0.153. The van der Waals surface area contributed by atoms with Gasteiger partial charge in [0, 0.05) is 13.1 Å². The summed E-state index contributed by atoms with van der Waals surface area (Å²) in [5.41, 5.74) is 4.32. The third-order valence-corrected chi connectivity index (χ3v) is 4.63. The van der Waals surface area contributed by atoms with Crippen molar-refractivity contribution in [3.8, 4) is 0 Å². The maximum atomic E-state index is 12.5. The standard InChI is InChI=1S/C20H21N3O/c24-20-14-21-13-17-10-11-22-18-9-8-16(12-19(18)23(17)20)7-6-15-4-2-1-3-5-15/h1-9,12,17,21-22H,10-11,13-14H2. The molecule has 0 radical (unpaired) electrons. The van der Waals surface area contributed by atoms with Gasteiger partial charge in [-0.05, 0) is 29.7 Å². The van der Waals surface area contributed by atoms with E-state index in [2.05, 4.69) is 53.1 Å². The van der Waals surface area contributed by atoms with Crippen LogP contribution in [-0.4, -0.2) is 31.6 Å². The molecule has 1 unspecified atom stereocenters. The molecule has 4 heteroatoms. The molecule has 2 aliphatic heterocycles. The number of carbonyl (C=O) groups excluding carboxylic acids is 1. The van der Waals surface area contributed by atoms with Crippen LogP contribution in [0.4, 0.5) is 11.4 Å². The molecule has 0 spiro atoms. The third kappa shape index (κ3) is 2.93. The van der Waals surface area contributed by atoms with Crippen LogP contribution < -0.4 is 15.5 Å². The molecule has 2 aromatic carbocycles. The fraction of sp³-hybridized carbons (Fsp3) is 0.250. The molecule has 0 aliphatic carbocycles. The van der Waals surface area contributed by atoms with E-state index in [1.807, 2.05) is 23.1 Å². The van der Waals surface area contributed by atoms with Crippen LogP contribution in [0.5, 0.6) is 0 Å². The summed E-state index contributed by atoms with van der Waals surface area (Å²) in [4.78, 5) is 14.4. The average Bonchev–Trinajstić information content (AvgIpc) is 2.80. The van der Waals surface area contributed by atoms with Gasteiger partial charge in [0.05, 0.1) is 24.0 Å². The van der Waals surface area contributed by atoms with E-state index in [0.29, 0.717) is 6.54 Å². The van der Waals surface area contributed by atoms with Crippen molar-refractivity contribution in [3.05, 3.63) is 59.7 Å². The zero-order valence-electron chi connectivity index (χ0n) is 13.5. The van der Waals surface area contributed by atoms with Crippen LogP contribution in [0, 0.1) is 0 Å². The topological polar surface area (TPSA) is 44.4 Å². The van der Waals surface area contributed by atoms with Crippen LogP contribution in [0.1, 0.15) is 17.5 Å². The highest BCUT2D eigenvalue weighted by Crippen LogP contribution is 2.33. The Hall–Kier alpha value is -2.59. The maximum Gasteiger partial charge on any atom is 0.241 e. The number of fused-ring (bicyclic) bond motifs is 3. The Bertz CT molecular complexity index is 770. The van der Waals surface area contributed by atoms with E-state index < -0.39 is 0 Å².